The van der Waals surface area contributed by atoms with Crippen LogP contribution in [0.15, 0.2) is 15.9 Å². The minimum absolute atomic E-state index is 0.283. The smallest absolute Gasteiger partial charge is 0.343 e. The third-order valence-electron chi connectivity index (χ3n) is 1.54. The van der Waals surface area contributed by atoms with E-state index in [1.54, 1.807) is 5.51 Å². The van der Waals surface area contributed by atoms with Gasteiger partial charge in [-0.2, -0.15) is 4.99 Å². The molecule has 0 radical (unpaired) electrons. The van der Waals surface area contributed by atoms with Crippen molar-refractivity contribution in [2.75, 3.05) is 0 Å². The molecule has 62 valence electrons. The largest absolute Gasteiger partial charge is 0.385 e. The number of rotatable bonds is 1. The van der Waals surface area contributed by atoms with E-state index in [2.05, 4.69) is 15.3 Å². The van der Waals surface area contributed by atoms with Gasteiger partial charge in [0.1, 0.15) is 11.9 Å². The van der Waals surface area contributed by atoms with E-state index < -0.39 is 6.03 Å². The lowest BCUT2D eigenvalue weighted by Gasteiger charge is -2.05. The quantitative estimate of drug-likeness (QED) is 0.654. The van der Waals surface area contributed by atoms with Gasteiger partial charge < -0.3 is 11.1 Å². The molecular formula is C6H6N4OS. The third kappa shape index (κ3) is 1.06. The van der Waals surface area contributed by atoms with E-state index in [1.807, 2.05) is 5.38 Å². The summed E-state index contributed by atoms with van der Waals surface area (Å²) in [5.74, 6) is 0.283. The van der Waals surface area contributed by atoms with Crippen molar-refractivity contribution in [1.29, 1.82) is 0 Å². The molecule has 3 N–H and O–H groups in total. The summed E-state index contributed by atoms with van der Waals surface area (Å²) in [5, 5.41) is 4.41. The molecule has 2 heterocycles. The number of amidine groups is 1. The molecule has 0 aliphatic carbocycles. The van der Waals surface area contributed by atoms with Gasteiger partial charge in [-0.05, 0) is 0 Å². The Balaban J connectivity index is 2.29. The molecule has 1 aromatic rings. The molecule has 0 bridgehead atoms. The first-order valence-electron chi connectivity index (χ1n) is 3.30. The molecule has 0 saturated heterocycles. The van der Waals surface area contributed by atoms with Gasteiger partial charge in [0, 0.05) is 5.38 Å². The van der Waals surface area contributed by atoms with Crippen LogP contribution in [0.1, 0.15) is 11.7 Å². The summed E-state index contributed by atoms with van der Waals surface area (Å²) in [4.78, 5) is 18.3. The molecule has 0 fully saturated rings. The molecule has 1 unspecified atom stereocenters. The number of carbonyl (C=O) groups excluding carboxylic acids is 1. The van der Waals surface area contributed by atoms with Crippen molar-refractivity contribution < 1.29 is 4.79 Å². The molecule has 5 nitrogen and oxygen atoms in total. The second-order valence-electron chi connectivity index (χ2n) is 2.33. The van der Waals surface area contributed by atoms with Gasteiger partial charge in [0.25, 0.3) is 0 Å². The highest BCUT2D eigenvalue weighted by molar-refractivity contribution is 7.07. The molecule has 0 aromatic carbocycles. The van der Waals surface area contributed by atoms with Crippen molar-refractivity contribution in [2.24, 2.45) is 10.7 Å². The van der Waals surface area contributed by atoms with Crippen molar-refractivity contribution in [1.82, 2.24) is 10.3 Å². The highest BCUT2D eigenvalue weighted by atomic mass is 32.1. The van der Waals surface area contributed by atoms with Gasteiger partial charge in [-0.15, -0.1) is 11.3 Å². The lowest BCUT2D eigenvalue weighted by Crippen LogP contribution is -2.27. The molecule has 0 saturated carbocycles. The SMILES string of the molecule is NC1=NC(=O)NC1c1cscn1. The van der Waals surface area contributed by atoms with E-state index in [0.29, 0.717) is 0 Å². The zero-order valence-electron chi connectivity index (χ0n) is 6.02. The number of amides is 2. The summed E-state index contributed by atoms with van der Waals surface area (Å²) in [7, 11) is 0. The van der Waals surface area contributed by atoms with Crippen LogP contribution in [0.2, 0.25) is 0 Å². The minimum Gasteiger partial charge on any atom is -0.385 e. The number of nitrogens with one attached hydrogen (secondary N) is 1. The first-order valence-corrected chi connectivity index (χ1v) is 4.24. The van der Waals surface area contributed by atoms with E-state index in [9.17, 15) is 4.79 Å². The Bertz CT molecular complexity index is 331. The maximum absolute atomic E-state index is 10.8. The summed E-state index contributed by atoms with van der Waals surface area (Å²) in [6.07, 6.45) is 0. The fraction of sp³-hybridized carbons (Fsp3) is 0.167. The van der Waals surface area contributed by atoms with Gasteiger partial charge in [-0.25, -0.2) is 9.78 Å². The Labute approximate surface area is 72.3 Å². The second-order valence-corrected chi connectivity index (χ2v) is 3.05. The maximum Gasteiger partial charge on any atom is 0.343 e. The van der Waals surface area contributed by atoms with E-state index in [-0.39, 0.29) is 11.9 Å². The fourth-order valence-electron chi connectivity index (χ4n) is 1.00. The number of hydrogen-bond donors (Lipinski definition) is 2. The van der Waals surface area contributed by atoms with E-state index in [4.69, 9.17) is 5.73 Å². The molecule has 1 atom stereocenters. The Morgan fingerprint density at radius 2 is 2.50 bits per heavy atom. The first kappa shape index (κ1) is 7.23. The molecule has 1 aliphatic heterocycles. The lowest BCUT2D eigenvalue weighted by molar-refractivity contribution is 0.250. The highest BCUT2D eigenvalue weighted by Crippen LogP contribution is 2.16. The van der Waals surface area contributed by atoms with Crippen molar-refractivity contribution >= 4 is 23.2 Å². The van der Waals surface area contributed by atoms with Crippen LogP contribution >= 0.6 is 11.3 Å². The topological polar surface area (TPSA) is 80.4 Å². The van der Waals surface area contributed by atoms with Gasteiger partial charge in [0.2, 0.25) is 0 Å². The summed E-state index contributed by atoms with van der Waals surface area (Å²) >= 11 is 1.46. The van der Waals surface area contributed by atoms with Crippen molar-refractivity contribution in [3.8, 4) is 0 Å². The fourth-order valence-corrected chi connectivity index (χ4v) is 1.58. The third-order valence-corrected chi connectivity index (χ3v) is 2.15. The Hall–Kier alpha value is -1.43. The van der Waals surface area contributed by atoms with Crippen molar-refractivity contribution in [3.05, 3.63) is 16.6 Å². The van der Waals surface area contributed by atoms with Crippen LogP contribution in [-0.2, 0) is 0 Å². The number of carbonyl (C=O) groups is 1. The van der Waals surface area contributed by atoms with E-state index in [1.165, 1.54) is 11.3 Å². The Morgan fingerprint density at radius 3 is 3.00 bits per heavy atom. The van der Waals surface area contributed by atoms with Crippen LogP contribution in [0.5, 0.6) is 0 Å². The molecule has 2 rings (SSSR count). The molecule has 1 aromatic heterocycles. The number of urea groups is 1. The maximum atomic E-state index is 10.8. The van der Waals surface area contributed by atoms with Gasteiger partial charge in [-0.3, -0.25) is 0 Å². The predicted molar refractivity (Wildman–Crippen MR) is 45.0 cm³/mol. The van der Waals surface area contributed by atoms with Crippen LogP contribution in [0.3, 0.4) is 0 Å². The number of nitrogens with zero attached hydrogens (tertiary/aromatic N) is 2. The number of aliphatic imine (C=N–C) groups is 1. The van der Waals surface area contributed by atoms with Crippen LogP contribution in [-0.4, -0.2) is 16.9 Å². The first-order chi connectivity index (χ1) is 5.77. The van der Waals surface area contributed by atoms with E-state index >= 15 is 0 Å². The highest BCUT2D eigenvalue weighted by Gasteiger charge is 2.26. The lowest BCUT2D eigenvalue weighted by atomic mass is 10.2. The van der Waals surface area contributed by atoms with Crippen LogP contribution < -0.4 is 11.1 Å². The van der Waals surface area contributed by atoms with Crippen LogP contribution in [0.25, 0.3) is 0 Å². The van der Waals surface area contributed by atoms with Gasteiger partial charge >= 0.3 is 6.03 Å². The molecule has 0 spiro atoms. The van der Waals surface area contributed by atoms with Crippen molar-refractivity contribution in [2.45, 2.75) is 6.04 Å². The predicted octanol–water partition coefficient (Wildman–Crippen LogP) is 0.265. The number of nitrogens with two attached hydrogens (primary N) is 1. The Morgan fingerprint density at radius 1 is 1.67 bits per heavy atom. The summed E-state index contributed by atoms with van der Waals surface area (Å²) < 4.78 is 0. The number of hydrogen-bond acceptors (Lipinski definition) is 4. The zero-order chi connectivity index (χ0) is 8.55. The average molecular weight is 182 g/mol. The van der Waals surface area contributed by atoms with E-state index in [0.717, 1.165) is 5.69 Å². The summed E-state index contributed by atoms with van der Waals surface area (Å²) in [5.41, 5.74) is 7.92. The number of thiazole rings is 1. The van der Waals surface area contributed by atoms with Gasteiger partial charge in [-0.1, -0.05) is 0 Å². The minimum atomic E-state index is -0.398. The molecule has 6 heteroatoms. The standard InChI is InChI=1S/C6H6N4OS/c7-5-4(9-6(11)10-5)3-1-12-2-8-3/h1-2,4H,(H3,7,9,10,11). The van der Waals surface area contributed by atoms with Crippen LogP contribution in [0, 0.1) is 0 Å². The molecule has 12 heavy (non-hydrogen) atoms. The second kappa shape index (κ2) is 2.56. The average Bonchev–Trinajstić information content (AvgIpc) is 2.58. The molecule has 2 amide bonds. The van der Waals surface area contributed by atoms with Gasteiger partial charge in [0.15, 0.2) is 0 Å². The molecular weight excluding hydrogens is 176 g/mol. The zero-order valence-corrected chi connectivity index (χ0v) is 6.84. The normalized spacial score (nSPS) is 22.2. The van der Waals surface area contributed by atoms with Gasteiger partial charge in [0.05, 0.1) is 11.2 Å². The summed E-state index contributed by atoms with van der Waals surface area (Å²) in [6.45, 7) is 0. The number of aromatic nitrogens is 1. The monoisotopic (exact) mass is 182 g/mol. The summed E-state index contributed by atoms with van der Waals surface area (Å²) in [6, 6.07) is -0.728. The molecule has 1 aliphatic rings. The van der Waals surface area contributed by atoms with Crippen molar-refractivity contribution in [3.63, 3.8) is 0 Å². The Kier molecular flexibility index (Phi) is 1.54. The van der Waals surface area contributed by atoms with Crippen LogP contribution in [0.4, 0.5) is 4.79 Å².